The van der Waals surface area contributed by atoms with Crippen molar-refractivity contribution in [2.75, 3.05) is 6.54 Å². The molecule has 1 nitrogen and oxygen atoms in total. The van der Waals surface area contributed by atoms with Crippen LogP contribution in [-0.4, -0.2) is 18.8 Å². The topological polar surface area (TPSA) is 14.1 Å². The summed E-state index contributed by atoms with van der Waals surface area (Å²) in [6, 6.07) is -1.37. The first kappa shape index (κ1) is 7.85. The highest BCUT2D eigenvalue weighted by molar-refractivity contribution is 4.77. The molecule has 10 heavy (non-hydrogen) atoms. The average Bonchev–Trinajstić information content (AvgIpc) is 1.88. The fraction of sp³-hybridized carbons (Fsp3) is 1.00. The monoisotopic (exact) mass is 152 g/mol. The van der Waals surface area contributed by atoms with E-state index in [0.717, 1.165) is 6.42 Å². The molecule has 0 aromatic heterocycles. The van der Waals surface area contributed by atoms with Gasteiger partial charge in [0, 0.05) is 6.54 Å². The van der Waals surface area contributed by atoms with E-state index in [2.05, 4.69) is 5.32 Å². The van der Waals surface area contributed by atoms with Crippen molar-refractivity contribution >= 4 is 0 Å². The molecule has 0 aromatic carbocycles. The molecule has 0 aromatic rings. The van der Waals surface area contributed by atoms with Gasteiger partial charge >= 0.3 is 6.18 Å². The van der Waals surface area contributed by atoms with Gasteiger partial charge in [0.15, 0.2) is 0 Å². The minimum Gasteiger partial charge on any atom is -0.229 e. The van der Waals surface area contributed by atoms with Gasteiger partial charge in [0.05, 0.1) is 0 Å². The lowest BCUT2D eigenvalue weighted by Crippen LogP contribution is -2.40. The molecule has 1 rings (SSSR count). The fourth-order valence-electron chi connectivity index (χ4n) is 1.06. The van der Waals surface area contributed by atoms with E-state index in [1.165, 1.54) is 0 Å². The lowest BCUT2D eigenvalue weighted by Gasteiger charge is -2.23. The average molecular weight is 152 g/mol. The highest BCUT2D eigenvalue weighted by Crippen LogP contribution is 2.26. The van der Waals surface area contributed by atoms with Crippen LogP contribution < -0.4 is 5.32 Å². The molecule has 0 N–H and O–H groups in total. The molecule has 1 atom stereocenters. The second-order valence-corrected chi connectivity index (χ2v) is 2.46. The van der Waals surface area contributed by atoms with Gasteiger partial charge in [-0.2, -0.15) is 13.2 Å². The number of halogens is 3. The Morgan fingerprint density at radius 1 is 1.20 bits per heavy atom. The summed E-state index contributed by atoms with van der Waals surface area (Å²) in [5.41, 5.74) is 0. The van der Waals surface area contributed by atoms with Crippen molar-refractivity contribution in [3.8, 4) is 0 Å². The molecule has 0 aliphatic carbocycles. The van der Waals surface area contributed by atoms with Crippen LogP contribution in [0.15, 0.2) is 0 Å². The van der Waals surface area contributed by atoms with Crippen molar-refractivity contribution < 1.29 is 13.2 Å². The summed E-state index contributed by atoms with van der Waals surface area (Å²) < 4.78 is 35.5. The summed E-state index contributed by atoms with van der Waals surface area (Å²) in [5.74, 6) is 0. The molecular formula is C6H9F3N. The highest BCUT2D eigenvalue weighted by Gasteiger charge is 2.40. The summed E-state index contributed by atoms with van der Waals surface area (Å²) >= 11 is 0. The molecule has 1 fully saturated rings. The molecule has 0 unspecified atom stereocenters. The van der Waals surface area contributed by atoms with E-state index >= 15 is 0 Å². The molecular weight excluding hydrogens is 143 g/mol. The number of hydrogen-bond donors (Lipinski definition) is 0. The molecule has 0 spiro atoms. The Morgan fingerprint density at radius 2 is 1.90 bits per heavy atom. The van der Waals surface area contributed by atoms with Crippen LogP contribution in [0.1, 0.15) is 19.3 Å². The fourth-order valence-corrected chi connectivity index (χ4v) is 1.06. The first-order valence-corrected chi connectivity index (χ1v) is 3.34. The summed E-state index contributed by atoms with van der Waals surface area (Å²) in [5, 5.41) is 3.48. The van der Waals surface area contributed by atoms with E-state index in [1.807, 2.05) is 0 Å². The van der Waals surface area contributed by atoms with Gasteiger partial charge in [-0.3, -0.25) is 0 Å². The Kier molecular flexibility index (Phi) is 2.18. The minimum absolute atomic E-state index is 0.184. The molecule has 1 radical (unpaired) electrons. The van der Waals surface area contributed by atoms with Crippen LogP contribution >= 0.6 is 0 Å². The van der Waals surface area contributed by atoms with Crippen molar-refractivity contribution in [3.05, 3.63) is 0 Å². The molecule has 1 aliphatic heterocycles. The SMILES string of the molecule is FC(F)(F)[C@@H]1CCCC[N]1. The second-order valence-electron chi connectivity index (χ2n) is 2.46. The lowest BCUT2D eigenvalue weighted by atomic mass is 10.1. The molecule has 1 saturated heterocycles. The first-order valence-electron chi connectivity index (χ1n) is 3.34. The van der Waals surface area contributed by atoms with Crippen LogP contribution in [0.4, 0.5) is 13.2 Å². The molecule has 59 valence electrons. The Morgan fingerprint density at radius 3 is 2.20 bits per heavy atom. The van der Waals surface area contributed by atoms with Crippen LogP contribution in [0.3, 0.4) is 0 Å². The van der Waals surface area contributed by atoms with E-state index in [-0.39, 0.29) is 6.42 Å². The van der Waals surface area contributed by atoms with Gasteiger partial charge in [-0.05, 0) is 12.8 Å². The summed E-state index contributed by atoms with van der Waals surface area (Å²) in [7, 11) is 0. The maximum absolute atomic E-state index is 11.8. The molecule has 4 heteroatoms. The minimum atomic E-state index is -4.10. The third kappa shape index (κ3) is 1.87. The van der Waals surface area contributed by atoms with E-state index < -0.39 is 12.2 Å². The second kappa shape index (κ2) is 2.78. The van der Waals surface area contributed by atoms with E-state index in [1.54, 1.807) is 0 Å². The van der Waals surface area contributed by atoms with Crippen LogP contribution in [0.2, 0.25) is 0 Å². The van der Waals surface area contributed by atoms with Crippen molar-refractivity contribution in [1.29, 1.82) is 0 Å². The molecule has 0 amide bonds. The molecule has 0 saturated carbocycles. The van der Waals surface area contributed by atoms with Crippen molar-refractivity contribution in [1.82, 2.24) is 5.32 Å². The standard InChI is InChI=1S/C6H9F3N/c7-6(8,9)5-3-1-2-4-10-5/h5H,1-4H2/t5-/m0/s1. The number of hydrogen-bond acceptors (Lipinski definition) is 0. The van der Waals surface area contributed by atoms with Gasteiger partial charge in [-0.15, -0.1) is 0 Å². The maximum atomic E-state index is 11.8. The normalized spacial score (nSPS) is 28.5. The van der Waals surface area contributed by atoms with Crippen molar-refractivity contribution in [3.63, 3.8) is 0 Å². The Labute approximate surface area is 57.6 Å². The van der Waals surface area contributed by atoms with Gasteiger partial charge in [0.25, 0.3) is 0 Å². The summed E-state index contributed by atoms with van der Waals surface area (Å²) in [4.78, 5) is 0. The van der Waals surface area contributed by atoms with Gasteiger partial charge in [0.2, 0.25) is 0 Å². The molecule has 1 heterocycles. The smallest absolute Gasteiger partial charge is 0.229 e. The predicted octanol–water partition coefficient (Wildman–Crippen LogP) is 1.71. The summed E-state index contributed by atoms with van der Waals surface area (Å²) in [6.07, 6.45) is -2.44. The first-order chi connectivity index (χ1) is 4.61. The molecule has 1 aliphatic rings. The van der Waals surface area contributed by atoms with E-state index in [0.29, 0.717) is 13.0 Å². The Balaban J connectivity index is 2.39. The number of alkyl halides is 3. The van der Waals surface area contributed by atoms with Gasteiger partial charge in [0.1, 0.15) is 6.04 Å². The van der Waals surface area contributed by atoms with Gasteiger partial charge in [-0.1, -0.05) is 6.42 Å². The van der Waals surface area contributed by atoms with E-state index in [4.69, 9.17) is 0 Å². The quantitative estimate of drug-likeness (QED) is 0.501. The van der Waals surface area contributed by atoms with E-state index in [9.17, 15) is 13.2 Å². The largest absolute Gasteiger partial charge is 0.405 e. The van der Waals surface area contributed by atoms with Gasteiger partial charge in [-0.25, -0.2) is 5.32 Å². The van der Waals surface area contributed by atoms with Crippen molar-refractivity contribution in [2.45, 2.75) is 31.5 Å². The number of piperidine rings is 1. The number of nitrogens with zero attached hydrogens (tertiary/aromatic N) is 1. The predicted molar refractivity (Wildman–Crippen MR) is 30.7 cm³/mol. The zero-order chi connectivity index (χ0) is 7.61. The summed E-state index contributed by atoms with van der Waals surface area (Å²) in [6.45, 7) is 0.379. The third-order valence-electron chi connectivity index (χ3n) is 1.61. The Hall–Kier alpha value is -0.250. The zero-order valence-corrected chi connectivity index (χ0v) is 5.49. The molecule has 0 bridgehead atoms. The zero-order valence-electron chi connectivity index (χ0n) is 5.49. The third-order valence-corrected chi connectivity index (χ3v) is 1.61. The van der Waals surface area contributed by atoms with Crippen LogP contribution in [0.25, 0.3) is 0 Å². The number of rotatable bonds is 0. The Bertz CT molecular complexity index is 104. The maximum Gasteiger partial charge on any atom is 0.405 e. The lowest BCUT2D eigenvalue weighted by molar-refractivity contribution is -0.161. The van der Waals surface area contributed by atoms with Crippen LogP contribution in [0, 0.1) is 0 Å². The van der Waals surface area contributed by atoms with Crippen LogP contribution in [0.5, 0.6) is 0 Å². The van der Waals surface area contributed by atoms with Crippen LogP contribution in [-0.2, 0) is 0 Å². The van der Waals surface area contributed by atoms with Crippen molar-refractivity contribution in [2.24, 2.45) is 0 Å². The highest BCUT2D eigenvalue weighted by atomic mass is 19.4. The van der Waals surface area contributed by atoms with Gasteiger partial charge < -0.3 is 0 Å².